The molecule has 0 N–H and O–H groups in total. The van der Waals surface area contributed by atoms with Crippen LogP contribution in [0, 0.1) is 0 Å². The molecular formula is C7H15FO2S. The Balaban J connectivity index is 4.24. The van der Waals surface area contributed by atoms with Gasteiger partial charge in [-0.1, -0.05) is 19.8 Å². The first-order chi connectivity index (χ1) is 4.81. The highest BCUT2D eigenvalue weighted by atomic mass is 32.3. The lowest BCUT2D eigenvalue weighted by Crippen LogP contribution is -2.28. The predicted molar refractivity (Wildman–Crippen MR) is 43.6 cm³/mol. The van der Waals surface area contributed by atoms with Gasteiger partial charge in [-0.2, -0.15) is 8.42 Å². The van der Waals surface area contributed by atoms with Crippen LogP contribution in [0.15, 0.2) is 0 Å². The van der Waals surface area contributed by atoms with Gasteiger partial charge in [0.25, 0.3) is 0 Å². The molecule has 4 heteroatoms. The molecule has 11 heavy (non-hydrogen) atoms. The van der Waals surface area contributed by atoms with E-state index in [4.69, 9.17) is 0 Å². The van der Waals surface area contributed by atoms with Gasteiger partial charge in [-0.15, -0.1) is 3.89 Å². The van der Waals surface area contributed by atoms with Crippen LogP contribution in [0.2, 0.25) is 0 Å². The fourth-order valence-corrected chi connectivity index (χ4v) is 1.11. The van der Waals surface area contributed by atoms with Gasteiger partial charge in [-0.25, -0.2) is 0 Å². The van der Waals surface area contributed by atoms with Crippen LogP contribution in [-0.2, 0) is 10.2 Å². The summed E-state index contributed by atoms with van der Waals surface area (Å²) in [6.45, 7) is 4.77. The Morgan fingerprint density at radius 3 is 2.09 bits per heavy atom. The summed E-state index contributed by atoms with van der Waals surface area (Å²) in [7, 11) is -4.37. The molecule has 68 valence electrons. The van der Waals surface area contributed by atoms with Gasteiger partial charge in [0, 0.05) is 0 Å². The summed E-state index contributed by atoms with van der Waals surface area (Å²) in [5.74, 6) is 0. The van der Waals surface area contributed by atoms with Crippen LogP contribution in [0.3, 0.4) is 0 Å². The van der Waals surface area contributed by atoms with Crippen molar-refractivity contribution < 1.29 is 12.3 Å². The Kier molecular flexibility index (Phi) is 3.48. The number of hydrogen-bond acceptors (Lipinski definition) is 2. The van der Waals surface area contributed by atoms with Gasteiger partial charge in [0.15, 0.2) is 0 Å². The van der Waals surface area contributed by atoms with Gasteiger partial charge >= 0.3 is 10.2 Å². The van der Waals surface area contributed by atoms with Crippen LogP contribution < -0.4 is 0 Å². The quantitative estimate of drug-likeness (QED) is 0.625. The second-order valence-corrected chi connectivity index (χ2v) is 5.28. The maximum Gasteiger partial charge on any atom is 0.307 e. The Hall–Kier alpha value is -0.120. The Bertz CT molecular complexity index is 206. The molecule has 0 aromatic rings. The smallest absolute Gasteiger partial charge is 0.194 e. The number of rotatable bonds is 4. The summed E-state index contributed by atoms with van der Waals surface area (Å²) in [6, 6.07) is 0. The lowest BCUT2D eigenvalue weighted by molar-refractivity contribution is 0.477. The van der Waals surface area contributed by atoms with Gasteiger partial charge < -0.3 is 0 Å². The van der Waals surface area contributed by atoms with Gasteiger partial charge in [0.05, 0.1) is 4.75 Å². The highest BCUT2D eigenvalue weighted by molar-refractivity contribution is 7.87. The van der Waals surface area contributed by atoms with E-state index in [0.29, 0.717) is 6.42 Å². The molecule has 0 bridgehead atoms. The van der Waals surface area contributed by atoms with Crippen LogP contribution in [0.4, 0.5) is 3.89 Å². The van der Waals surface area contributed by atoms with Crippen molar-refractivity contribution in [1.82, 2.24) is 0 Å². The van der Waals surface area contributed by atoms with Gasteiger partial charge in [0.1, 0.15) is 0 Å². The average molecular weight is 182 g/mol. The molecule has 0 fully saturated rings. The van der Waals surface area contributed by atoms with E-state index in [-0.39, 0.29) is 0 Å². The first kappa shape index (κ1) is 10.9. The molecule has 0 aliphatic carbocycles. The van der Waals surface area contributed by atoms with E-state index in [1.807, 2.05) is 6.92 Å². The van der Waals surface area contributed by atoms with Crippen molar-refractivity contribution in [1.29, 1.82) is 0 Å². The zero-order chi connectivity index (χ0) is 9.12. The molecule has 0 aliphatic heterocycles. The molecule has 0 radical (unpaired) electrons. The van der Waals surface area contributed by atoms with E-state index < -0.39 is 15.0 Å². The van der Waals surface area contributed by atoms with E-state index in [1.165, 1.54) is 13.8 Å². The monoisotopic (exact) mass is 182 g/mol. The van der Waals surface area contributed by atoms with Crippen LogP contribution in [0.25, 0.3) is 0 Å². The lowest BCUT2D eigenvalue weighted by atomic mass is 10.1. The minimum absolute atomic E-state index is 0.391. The molecule has 0 heterocycles. The summed E-state index contributed by atoms with van der Waals surface area (Å²) < 4.78 is 32.2. The summed E-state index contributed by atoms with van der Waals surface area (Å²) in [5.41, 5.74) is 0. The lowest BCUT2D eigenvalue weighted by Gasteiger charge is -2.18. The zero-order valence-electron chi connectivity index (χ0n) is 7.22. The highest BCUT2D eigenvalue weighted by Crippen LogP contribution is 2.24. The molecule has 0 saturated heterocycles. The van der Waals surface area contributed by atoms with Gasteiger partial charge in [-0.05, 0) is 20.3 Å². The highest BCUT2D eigenvalue weighted by Gasteiger charge is 2.33. The zero-order valence-corrected chi connectivity index (χ0v) is 8.04. The molecule has 0 aliphatic rings. The maximum absolute atomic E-state index is 12.5. The van der Waals surface area contributed by atoms with E-state index >= 15 is 0 Å². The number of unbranched alkanes of at least 4 members (excludes halogenated alkanes) is 1. The van der Waals surface area contributed by atoms with Crippen molar-refractivity contribution in [3.05, 3.63) is 0 Å². The van der Waals surface area contributed by atoms with Crippen LogP contribution in [0.1, 0.15) is 40.0 Å². The van der Waals surface area contributed by atoms with Crippen LogP contribution in [0.5, 0.6) is 0 Å². The molecule has 2 nitrogen and oxygen atoms in total. The summed E-state index contributed by atoms with van der Waals surface area (Å²) >= 11 is 0. The second kappa shape index (κ2) is 3.52. The first-order valence-electron chi connectivity index (χ1n) is 3.75. The molecule has 0 aromatic carbocycles. The Morgan fingerprint density at radius 2 is 1.82 bits per heavy atom. The van der Waals surface area contributed by atoms with Crippen LogP contribution >= 0.6 is 0 Å². The number of hydrogen-bond donors (Lipinski definition) is 0. The topological polar surface area (TPSA) is 34.1 Å². The normalized spacial score (nSPS) is 13.5. The third-order valence-corrected chi connectivity index (χ3v) is 3.32. The van der Waals surface area contributed by atoms with E-state index in [2.05, 4.69) is 0 Å². The fraction of sp³-hybridized carbons (Fsp3) is 1.00. The van der Waals surface area contributed by atoms with Gasteiger partial charge in [-0.3, -0.25) is 0 Å². The summed E-state index contributed by atoms with van der Waals surface area (Å²) in [6.07, 6.45) is 2.03. The summed E-state index contributed by atoms with van der Waals surface area (Å²) in [5, 5.41) is 0. The Labute approximate surface area is 68.0 Å². The predicted octanol–water partition coefficient (Wildman–Crippen LogP) is 2.25. The molecule has 0 spiro atoms. The van der Waals surface area contributed by atoms with Crippen molar-refractivity contribution in [3.63, 3.8) is 0 Å². The van der Waals surface area contributed by atoms with E-state index in [1.54, 1.807) is 0 Å². The van der Waals surface area contributed by atoms with Crippen molar-refractivity contribution >= 4 is 10.2 Å². The van der Waals surface area contributed by atoms with Crippen molar-refractivity contribution in [2.45, 2.75) is 44.8 Å². The molecule has 0 amide bonds. The minimum atomic E-state index is -4.37. The van der Waals surface area contributed by atoms with Crippen molar-refractivity contribution in [3.8, 4) is 0 Å². The molecule has 0 atom stereocenters. The standard InChI is InChI=1S/C7H15FO2S/c1-4-5-6-7(2,3)11(8,9)10/h4-6H2,1-3H3. The average Bonchev–Trinajstić information content (AvgIpc) is 1.81. The Morgan fingerprint density at radius 1 is 1.36 bits per heavy atom. The second-order valence-electron chi connectivity index (χ2n) is 3.30. The SMILES string of the molecule is CCCCC(C)(C)S(=O)(=O)F. The van der Waals surface area contributed by atoms with E-state index in [0.717, 1.165) is 12.8 Å². The molecule has 0 rings (SSSR count). The first-order valence-corrected chi connectivity index (χ1v) is 5.14. The number of halogens is 1. The third kappa shape index (κ3) is 3.18. The molecule has 0 aromatic heterocycles. The minimum Gasteiger partial charge on any atom is -0.194 e. The van der Waals surface area contributed by atoms with Crippen LogP contribution in [-0.4, -0.2) is 13.2 Å². The van der Waals surface area contributed by atoms with Crippen molar-refractivity contribution in [2.75, 3.05) is 0 Å². The molecule has 0 saturated carbocycles. The van der Waals surface area contributed by atoms with Crippen molar-refractivity contribution in [2.24, 2.45) is 0 Å². The third-order valence-electron chi connectivity index (χ3n) is 1.79. The molecule has 0 unspecified atom stereocenters. The fourth-order valence-electron chi connectivity index (χ4n) is 0.724. The largest absolute Gasteiger partial charge is 0.307 e. The molecular weight excluding hydrogens is 167 g/mol. The van der Waals surface area contributed by atoms with Gasteiger partial charge in [0.2, 0.25) is 0 Å². The van der Waals surface area contributed by atoms with E-state index in [9.17, 15) is 12.3 Å². The maximum atomic E-state index is 12.5. The summed E-state index contributed by atoms with van der Waals surface area (Å²) in [4.78, 5) is 0.